The van der Waals surface area contributed by atoms with E-state index in [1.807, 2.05) is 49.4 Å². The van der Waals surface area contributed by atoms with Crippen molar-refractivity contribution in [2.24, 2.45) is 4.99 Å². The molecule has 0 unspecified atom stereocenters. The SMILES string of the molecule is Cc1ccc(C=Nc2ccc(Cl)cc2C(=O)c2ccccc2)cc1. The minimum absolute atomic E-state index is 0.0887. The van der Waals surface area contributed by atoms with E-state index in [2.05, 4.69) is 4.99 Å². The Morgan fingerprint density at radius 1 is 0.958 bits per heavy atom. The van der Waals surface area contributed by atoms with Crippen LogP contribution in [0.1, 0.15) is 27.0 Å². The van der Waals surface area contributed by atoms with Gasteiger partial charge in [-0.25, -0.2) is 0 Å². The Labute approximate surface area is 146 Å². The summed E-state index contributed by atoms with van der Waals surface area (Å²) in [6.07, 6.45) is 1.75. The van der Waals surface area contributed by atoms with Crippen molar-refractivity contribution in [3.63, 3.8) is 0 Å². The molecule has 0 fully saturated rings. The highest BCUT2D eigenvalue weighted by atomic mass is 35.5. The number of benzene rings is 3. The lowest BCUT2D eigenvalue weighted by Gasteiger charge is -2.06. The first-order chi connectivity index (χ1) is 11.6. The predicted molar refractivity (Wildman–Crippen MR) is 99.8 cm³/mol. The number of halogens is 1. The lowest BCUT2D eigenvalue weighted by Crippen LogP contribution is -2.01. The van der Waals surface area contributed by atoms with E-state index >= 15 is 0 Å². The van der Waals surface area contributed by atoms with Crippen molar-refractivity contribution in [2.75, 3.05) is 0 Å². The second-order valence-corrected chi connectivity index (χ2v) is 5.96. The third kappa shape index (κ3) is 3.79. The topological polar surface area (TPSA) is 29.4 Å². The lowest BCUT2D eigenvalue weighted by molar-refractivity contribution is 0.103. The Kier molecular flexibility index (Phi) is 4.88. The van der Waals surface area contributed by atoms with Crippen molar-refractivity contribution in [1.29, 1.82) is 0 Å². The molecule has 2 nitrogen and oxygen atoms in total. The number of rotatable bonds is 4. The maximum Gasteiger partial charge on any atom is 0.195 e. The van der Waals surface area contributed by atoms with Crippen LogP contribution in [0.25, 0.3) is 0 Å². The molecule has 0 aromatic heterocycles. The monoisotopic (exact) mass is 333 g/mol. The van der Waals surface area contributed by atoms with Gasteiger partial charge in [-0.2, -0.15) is 0 Å². The van der Waals surface area contributed by atoms with Crippen molar-refractivity contribution in [2.45, 2.75) is 6.92 Å². The zero-order chi connectivity index (χ0) is 16.9. The number of hydrogen-bond acceptors (Lipinski definition) is 2. The van der Waals surface area contributed by atoms with Gasteiger partial charge in [0.2, 0.25) is 0 Å². The highest BCUT2D eigenvalue weighted by Gasteiger charge is 2.13. The molecule has 0 aliphatic carbocycles. The summed E-state index contributed by atoms with van der Waals surface area (Å²) in [5.74, 6) is -0.0887. The molecule has 0 bridgehead atoms. The quantitative estimate of drug-likeness (QED) is 0.449. The summed E-state index contributed by atoms with van der Waals surface area (Å²) in [6.45, 7) is 2.04. The molecule has 118 valence electrons. The molecule has 0 spiro atoms. The van der Waals surface area contributed by atoms with E-state index in [9.17, 15) is 4.79 Å². The van der Waals surface area contributed by atoms with Crippen LogP contribution in [0.2, 0.25) is 5.02 Å². The molecule has 0 radical (unpaired) electrons. The molecule has 3 aromatic carbocycles. The van der Waals surface area contributed by atoms with Crippen molar-refractivity contribution >= 4 is 29.3 Å². The summed E-state index contributed by atoms with van der Waals surface area (Å²) in [4.78, 5) is 17.2. The molecule has 0 saturated heterocycles. The van der Waals surface area contributed by atoms with E-state index in [0.29, 0.717) is 21.8 Å². The first-order valence-electron chi connectivity index (χ1n) is 7.63. The fraction of sp³-hybridized carbons (Fsp3) is 0.0476. The van der Waals surface area contributed by atoms with Gasteiger partial charge in [-0.15, -0.1) is 0 Å². The Morgan fingerprint density at radius 2 is 1.67 bits per heavy atom. The number of ketones is 1. The molecule has 0 saturated carbocycles. The number of nitrogens with zero attached hydrogens (tertiary/aromatic N) is 1. The summed E-state index contributed by atoms with van der Waals surface area (Å²) >= 11 is 6.08. The zero-order valence-electron chi connectivity index (χ0n) is 13.2. The minimum atomic E-state index is -0.0887. The van der Waals surface area contributed by atoms with Gasteiger partial charge in [0, 0.05) is 22.4 Å². The summed E-state index contributed by atoms with van der Waals surface area (Å²) in [5.41, 5.74) is 3.89. The molecule has 0 atom stereocenters. The van der Waals surface area contributed by atoms with Gasteiger partial charge < -0.3 is 0 Å². The number of carbonyl (C=O) groups is 1. The molecule has 0 aliphatic heterocycles. The zero-order valence-corrected chi connectivity index (χ0v) is 14.0. The van der Waals surface area contributed by atoms with E-state index in [0.717, 1.165) is 5.56 Å². The maximum absolute atomic E-state index is 12.7. The standard InChI is InChI=1S/C21H16ClNO/c1-15-7-9-16(10-8-15)14-23-20-12-11-18(22)13-19(20)21(24)17-5-3-2-4-6-17/h2-14H,1H3. The molecular weight excluding hydrogens is 318 g/mol. The summed E-state index contributed by atoms with van der Waals surface area (Å²) in [7, 11) is 0. The van der Waals surface area contributed by atoms with Gasteiger partial charge in [-0.05, 0) is 30.7 Å². The van der Waals surface area contributed by atoms with E-state index in [1.165, 1.54) is 5.56 Å². The smallest absolute Gasteiger partial charge is 0.195 e. The van der Waals surface area contributed by atoms with E-state index < -0.39 is 0 Å². The molecular formula is C21H16ClNO. The van der Waals surface area contributed by atoms with Gasteiger partial charge in [-0.3, -0.25) is 9.79 Å². The summed E-state index contributed by atoms with van der Waals surface area (Å²) in [5, 5.41) is 0.517. The average molecular weight is 334 g/mol. The van der Waals surface area contributed by atoms with Crippen molar-refractivity contribution in [3.8, 4) is 0 Å². The van der Waals surface area contributed by atoms with Crippen LogP contribution >= 0.6 is 11.6 Å². The highest BCUT2D eigenvalue weighted by Crippen LogP contribution is 2.26. The lowest BCUT2D eigenvalue weighted by atomic mass is 10.0. The van der Waals surface area contributed by atoms with Crippen LogP contribution < -0.4 is 0 Å². The van der Waals surface area contributed by atoms with Crippen molar-refractivity contribution in [1.82, 2.24) is 0 Å². The predicted octanol–water partition coefficient (Wildman–Crippen LogP) is 5.63. The van der Waals surface area contributed by atoms with Crippen LogP contribution in [0.15, 0.2) is 77.8 Å². The van der Waals surface area contributed by atoms with Crippen LogP contribution in [0, 0.1) is 6.92 Å². The fourth-order valence-corrected chi connectivity index (χ4v) is 2.52. The summed E-state index contributed by atoms with van der Waals surface area (Å²) < 4.78 is 0. The van der Waals surface area contributed by atoms with Crippen LogP contribution in [0.4, 0.5) is 5.69 Å². The van der Waals surface area contributed by atoms with Gasteiger partial charge in [0.05, 0.1) is 5.69 Å². The van der Waals surface area contributed by atoms with Crippen LogP contribution in [0.5, 0.6) is 0 Å². The van der Waals surface area contributed by atoms with Gasteiger partial charge >= 0.3 is 0 Å². The Balaban J connectivity index is 1.97. The van der Waals surface area contributed by atoms with Gasteiger partial charge in [-0.1, -0.05) is 71.8 Å². The molecule has 3 rings (SSSR count). The minimum Gasteiger partial charge on any atom is -0.289 e. The molecule has 3 aromatic rings. The first kappa shape index (κ1) is 16.2. The number of hydrogen-bond donors (Lipinski definition) is 0. The Bertz CT molecular complexity index is 883. The second kappa shape index (κ2) is 7.24. The summed E-state index contributed by atoms with van der Waals surface area (Å²) in [6, 6.07) is 22.4. The van der Waals surface area contributed by atoms with Crippen LogP contribution in [-0.4, -0.2) is 12.0 Å². The van der Waals surface area contributed by atoms with Gasteiger partial charge in [0.25, 0.3) is 0 Å². The first-order valence-corrected chi connectivity index (χ1v) is 8.01. The normalized spacial score (nSPS) is 10.9. The number of aliphatic imine (C=N–C) groups is 1. The molecule has 0 amide bonds. The van der Waals surface area contributed by atoms with Gasteiger partial charge in [0.1, 0.15) is 0 Å². The number of carbonyl (C=O) groups excluding carboxylic acids is 1. The average Bonchev–Trinajstić information content (AvgIpc) is 2.62. The second-order valence-electron chi connectivity index (χ2n) is 5.53. The Morgan fingerprint density at radius 3 is 2.38 bits per heavy atom. The van der Waals surface area contributed by atoms with Crippen LogP contribution in [0.3, 0.4) is 0 Å². The maximum atomic E-state index is 12.7. The largest absolute Gasteiger partial charge is 0.289 e. The third-order valence-electron chi connectivity index (χ3n) is 3.67. The molecule has 24 heavy (non-hydrogen) atoms. The molecule has 3 heteroatoms. The van der Waals surface area contributed by atoms with E-state index in [1.54, 1.807) is 36.5 Å². The molecule has 0 heterocycles. The molecule has 0 N–H and O–H groups in total. The van der Waals surface area contributed by atoms with E-state index in [-0.39, 0.29) is 5.78 Å². The van der Waals surface area contributed by atoms with Crippen molar-refractivity contribution in [3.05, 3.63) is 100 Å². The van der Waals surface area contributed by atoms with Crippen LogP contribution in [-0.2, 0) is 0 Å². The third-order valence-corrected chi connectivity index (χ3v) is 3.90. The highest BCUT2D eigenvalue weighted by molar-refractivity contribution is 6.31. The van der Waals surface area contributed by atoms with Crippen molar-refractivity contribution < 1.29 is 4.79 Å². The molecule has 0 aliphatic rings. The Hall–Kier alpha value is -2.71. The van der Waals surface area contributed by atoms with Gasteiger partial charge in [0.15, 0.2) is 5.78 Å². The van der Waals surface area contributed by atoms with E-state index in [4.69, 9.17) is 11.6 Å². The number of aryl methyl sites for hydroxylation is 1. The fourth-order valence-electron chi connectivity index (χ4n) is 2.34.